The Labute approximate surface area is 195 Å². The van der Waals surface area contributed by atoms with E-state index in [2.05, 4.69) is 19.6 Å². The van der Waals surface area contributed by atoms with Gasteiger partial charge in [0.1, 0.15) is 16.5 Å². The van der Waals surface area contributed by atoms with E-state index >= 15 is 0 Å². The fourth-order valence-corrected chi connectivity index (χ4v) is 5.13. The SMILES string of the molecule is O=S(=O)(Nc1ncccn1)c1cc2c(cc1F)[C@H](N1CCCCC1)CCO2.[HH].c1ccccc1. The second kappa shape index (κ2) is 10.7. The molecule has 33 heavy (non-hydrogen) atoms. The van der Waals surface area contributed by atoms with Crippen LogP contribution in [0.4, 0.5) is 10.3 Å². The number of likely N-dealkylation sites (tertiary alicyclic amines) is 1. The van der Waals surface area contributed by atoms with E-state index in [0.717, 1.165) is 37.9 Å². The van der Waals surface area contributed by atoms with Crippen molar-refractivity contribution in [3.8, 4) is 5.75 Å². The molecule has 0 spiro atoms. The Morgan fingerprint density at radius 3 is 2.24 bits per heavy atom. The third-order valence-electron chi connectivity index (χ3n) is 5.65. The van der Waals surface area contributed by atoms with E-state index in [-0.39, 0.29) is 13.4 Å². The Hall–Kier alpha value is -3.04. The molecular weight excluding hydrogens is 443 g/mol. The first-order valence-electron chi connectivity index (χ1n) is 11.0. The van der Waals surface area contributed by atoms with E-state index < -0.39 is 20.7 Å². The van der Waals surface area contributed by atoms with E-state index in [1.54, 1.807) is 6.07 Å². The predicted octanol–water partition coefficient (Wildman–Crippen LogP) is 4.66. The highest BCUT2D eigenvalue weighted by molar-refractivity contribution is 7.92. The standard InChI is InChI=1S/C18H21FN4O3S.C6H6.H2/c19-14-11-13-15(23-8-2-1-3-9-23)5-10-26-16(13)12-17(14)27(24,25)22-18-20-6-4-7-21-18;1-2-4-6-5-3-1;/h4,6-7,11-12,15H,1-3,5,8-10H2,(H,20,21,22);1-6H;1H/t15-;;/m1../s1. The molecule has 0 unspecified atom stereocenters. The quantitative estimate of drug-likeness (QED) is 0.595. The molecule has 2 aliphatic rings. The Morgan fingerprint density at radius 2 is 1.61 bits per heavy atom. The van der Waals surface area contributed by atoms with Gasteiger partial charge in [0.2, 0.25) is 5.95 Å². The molecule has 7 nitrogen and oxygen atoms in total. The van der Waals surface area contributed by atoms with Gasteiger partial charge in [-0.2, -0.15) is 0 Å². The third-order valence-corrected chi connectivity index (χ3v) is 6.99. The molecule has 0 amide bonds. The first-order valence-corrected chi connectivity index (χ1v) is 12.5. The van der Waals surface area contributed by atoms with Crippen molar-refractivity contribution in [2.24, 2.45) is 0 Å². The molecule has 5 rings (SSSR count). The minimum absolute atomic E-state index is 0. The molecule has 9 heteroatoms. The number of sulfonamides is 1. The molecule has 1 aromatic heterocycles. The summed E-state index contributed by atoms with van der Waals surface area (Å²) in [5.41, 5.74) is 0.718. The maximum Gasteiger partial charge on any atom is 0.267 e. The van der Waals surface area contributed by atoms with Gasteiger partial charge in [0.15, 0.2) is 0 Å². The molecule has 3 aromatic rings. The molecule has 176 valence electrons. The van der Waals surface area contributed by atoms with Crippen LogP contribution < -0.4 is 9.46 Å². The Bertz CT molecular complexity index is 1120. The average Bonchev–Trinajstić information content (AvgIpc) is 2.85. The number of benzene rings is 2. The van der Waals surface area contributed by atoms with Gasteiger partial charge in [-0.15, -0.1) is 0 Å². The van der Waals surface area contributed by atoms with Gasteiger partial charge < -0.3 is 4.74 Å². The summed E-state index contributed by atoms with van der Waals surface area (Å²) in [6.45, 7) is 2.42. The van der Waals surface area contributed by atoms with Crippen molar-refractivity contribution in [2.75, 3.05) is 24.4 Å². The number of hydrogen-bond donors (Lipinski definition) is 1. The maximum absolute atomic E-state index is 14.8. The molecule has 0 saturated carbocycles. The number of halogens is 1. The maximum atomic E-state index is 14.8. The molecule has 1 fully saturated rings. The summed E-state index contributed by atoms with van der Waals surface area (Å²) >= 11 is 0. The molecule has 0 aliphatic carbocycles. The van der Waals surface area contributed by atoms with Crippen LogP contribution in [0.5, 0.6) is 5.75 Å². The van der Waals surface area contributed by atoms with Crippen molar-refractivity contribution < 1.29 is 19.0 Å². The van der Waals surface area contributed by atoms with Crippen LogP contribution >= 0.6 is 0 Å². The van der Waals surface area contributed by atoms with Crippen LogP contribution in [0.1, 0.15) is 38.7 Å². The van der Waals surface area contributed by atoms with E-state index in [4.69, 9.17) is 4.74 Å². The van der Waals surface area contributed by atoms with Crippen LogP contribution in [0.2, 0.25) is 0 Å². The Morgan fingerprint density at radius 1 is 0.970 bits per heavy atom. The molecule has 0 radical (unpaired) electrons. The number of aromatic nitrogens is 2. The monoisotopic (exact) mass is 472 g/mol. The first-order chi connectivity index (χ1) is 16.0. The lowest BCUT2D eigenvalue weighted by Gasteiger charge is -2.38. The number of ether oxygens (including phenoxy) is 1. The van der Waals surface area contributed by atoms with Crippen molar-refractivity contribution in [3.05, 3.63) is 78.4 Å². The topological polar surface area (TPSA) is 84.4 Å². The zero-order valence-electron chi connectivity index (χ0n) is 18.2. The van der Waals surface area contributed by atoms with E-state index in [1.165, 1.54) is 30.9 Å². The van der Waals surface area contributed by atoms with E-state index in [9.17, 15) is 12.8 Å². The molecule has 1 atom stereocenters. The average molecular weight is 473 g/mol. The van der Waals surface area contributed by atoms with Gasteiger partial charge >= 0.3 is 0 Å². The summed E-state index contributed by atoms with van der Waals surface area (Å²) in [5, 5.41) is 0. The highest BCUT2D eigenvalue weighted by Crippen LogP contribution is 2.39. The molecule has 2 aromatic carbocycles. The van der Waals surface area contributed by atoms with Crippen LogP contribution in [0.3, 0.4) is 0 Å². The van der Waals surface area contributed by atoms with Crippen LogP contribution in [-0.2, 0) is 10.0 Å². The fraction of sp³-hybridized carbons (Fsp3) is 0.333. The van der Waals surface area contributed by atoms with Gasteiger partial charge in [0, 0.05) is 37.9 Å². The first kappa shape index (κ1) is 23.1. The zero-order chi connectivity index (χ0) is 23.1. The van der Waals surface area contributed by atoms with Gasteiger partial charge in [-0.05, 0) is 38.1 Å². The van der Waals surface area contributed by atoms with Crippen molar-refractivity contribution in [1.82, 2.24) is 14.9 Å². The summed E-state index contributed by atoms with van der Waals surface area (Å²) in [7, 11) is -4.16. The number of hydrogen-bond acceptors (Lipinski definition) is 6. The van der Waals surface area contributed by atoms with Crippen LogP contribution in [0, 0.1) is 5.82 Å². The molecule has 1 saturated heterocycles. The van der Waals surface area contributed by atoms with Gasteiger partial charge in [0.25, 0.3) is 10.0 Å². The smallest absolute Gasteiger partial charge is 0.267 e. The Kier molecular flexibility index (Phi) is 7.51. The minimum atomic E-state index is -4.16. The van der Waals surface area contributed by atoms with E-state index in [1.807, 2.05) is 36.4 Å². The fourth-order valence-electron chi connectivity index (χ4n) is 4.10. The van der Waals surface area contributed by atoms with Crippen LogP contribution in [0.25, 0.3) is 0 Å². The number of fused-ring (bicyclic) bond motifs is 1. The van der Waals surface area contributed by atoms with Gasteiger partial charge in [-0.1, -0.05) is 42.8 Å². The number of nitrogens with zero attached hydrogens (tertiary/aromatic N) is 3. The van der Waals surface area contributed by atoms with Crippen molar-refractivity contribution in [3.63, 3.8) is 0 Å². The normalized spacial score (nSPS) is 18.3. The van der Waals surface area contributed by atoms with Crippen molar-refractivity contribution in [2.45, 2.75) is 36.6 Å². The van der Waals surface area contributed by atoms with Crippen molar-refractivity contribution >= 4 is 16.0 Å². The largest absolute Gasteiger partial charge is 0.493 e. The van der Waals surface area contributed by atoms with Gasteiger partial charge in [-0.3, -0.25) is 4.90 Å². The highest BCUT2D eigenvalue weighted by Gasteiger charge is 2.31. The van der Waals surface area contributed by atoms with Crippen LogP contribution in [-0.4, -0.2) is 43.0 Å². The molecule has 2 aliphatic heterocycles. The summed E-state index contributed by atoms with van der Waals surface area (Å²) in [6.07, 6.45) is 7.05. The molecule has 1 N–H and O–H groups in total. The summed E-state index contributed by atoms with van der Waals surface area (Å²) in [5.74, 6) is -0.487. The number of rotatable bonds is 4. The number of piperidine rings is 1. The lowest BCUT2D eigenvalue weighted by molar-refractivity contribution is 0.118. The molecule has 0 bridgehead atoms. The molecule has 3 heterocycles. The lowest BCUT2D eigenvalue weighted by Crippen LogP contribution is -2.36. The second-order valence-corrected chi connectivity index (χ2v) is 9.55. The summed E-state index contributed by atoms with van der Waals surface area (Å²) in [4.78, 5) is 9.51. The van der Waals surface area contributed by atoms with Crippen LogP contribution in [0.15, 0.2) is 71.9 Å². The summed E-state index contributed by atoms with van der Waals surface area (Å²) < 4.78 is 47.8. The minimum Gasteiger partial charge on any atom is -0.493 e. The third kappa shape index (κ3) is 5.85. The van der Waals surface area contributed by atoms with Gasteiger partial charge in [-0.25, -0.2) is 27.5 Å². The van der Waals surface area contributed by atoms with Crippen molar-refractivity contribution in [1.29, 1.82) is 0 Å². The number of anilines is 1. The highest BCUT2D eigenvalue weighted by atomic mass is 32.2. The predicted molar refractivity (Wildman–Crippen MR) is 126 cm³/mol. The van der Waals surface area contributed by atoms with E-state index in [0.29, 0.717) is 12.4 Å². The van der Waals surface area contributed by atoms with Gasteiger partial charge in [0.05, 0.1) is 6.61 Å². The lowest BCUT2D eigenvalue weighted by atomic mass is 9.96. The Balaban J connectivity index is 0.000000405. The zero-order valence-corrected chi connectivity index (χ0v) is 19.0. The number of nitrogens with one attached hydrogen (secondary N) is 1. The molecular formula is C24H29FN4O3S. The summed E-state index contributed by atoms with van der Waals surface area (Å²) in [6, 6.07) is 16.2. The second-order valence-electron chi connectivity index (χ2n) is 7.90.